The minimum absolute atomic E-state index is 0.375. The van der Waals surface area contributed by atoms with Gasteiger partial charge in [-0.3, -0.25) is 0 Å². The van der Waals surface area contributed by atoms with Gasteiger partial charge in [0.05, 0.1) is 16.0 Å². The zero-order valence-corrected chi connectivity index (χ0v) is 7.40. The van der Waals surface area contributed by atoms with Gasteiger partial charge in [-0.25, -0.2) is 4.79 Å². The number of halogens is 1. The first kappa shape index (κ1) is 7.52. The molecule has 1 heterocycles. The molecule has 0 N–H and O–H groups in total. The van der Waals surface area contributed by atoms with Crippen LogP contribution in [0.4, 0.5) is 0 Å². The first-order chi connectivity index (χ1) is 4.68. The quantitative estimate of drug-likeness (QED) is 0.682. The highest BCUT2D eigenvalue weighted by Gasteiger charge is 1.96. The molecule has 54 valence electrons. The van der Waals surface area contributed by atoms with E-state index in [1.807, 2.05) is 0 Å². The third kappa shape index (κ3) is 1.98. The molecule has 0 amide bonds. The van der Waals surface area contributed by atoms with Crippen LogP contribution in [0.3, 0.4) is 0 Å². The van der Waals surface area contributed by atoms with Gasteiger partial charge in [0.15, 0.2) is 0 Å². The fourth-order valence-electron chi connectivity index (χ4n) is 0.466. The van der Waals surface area contributed by atoms with E-state index in [2.05, 4.69) is 32.5 Å². The Morgan fingerprint density at radius 2 is 2.60 bits per heavy atom. The maximum Gasteiger partial charge on any atom is 0.331 e. The van der Waals surface area contributed by atoms with E-state index in [0.29, 0.717) is 0 Å². The molecule has 1 aromatic rings. The van der Waals surface area contributed by atoms with E-state index >= 15 is 0 Å². The highest BCUT2D eigenvalue weighted by Crippen LogP contribution is 1.98. The van der Waals surface area contributed by atoms with Crippen LogP contribution < -0.4 is 4.84 Å². The average Bonchev–Trinajstić information content (AvgIpc) is 2.13. The van der Waals surface area contributed by atoms with Crippen molar-refractivity contribution in [2.24, 2.45) is 0 Å². The normalized spacial score (nSPS) is 9.40. The summed E-state index contributed by atoms with van der Waals surface area (Å²) in [5, 5.41) is 3.72. The maximum atomic E-state index is 10.3. The Labute approximate surface area is 71.3 Å². The van der Waals surface area contributed by atoms with Crippen molar-refractivity contribution < 1.29 is 9.63 Å². The molecule has 0 unspecified atom stereocenters. The van der Waals surface area contributed by atoms with E-state index in [0.717, 1.165) is 8.42 Å². The van der Waals surface area contributed by atoms with Gasteiger partial charge in [-0.15, -0.1) is 5.10 Å². The molecule has 0 aliphatic rings. The molecule has 1 rings (SSSR count). The van der Waals surface area contributed by atoms with Crippen molar-refractivity contribution >= 4 is 28.6 Å². The first-order valence-electron chi connectivity index (χ1n) is 2.57. The number of aromatic nitrogens is 2. The van der Waals surface area contributed by atoms with Crippen molar-refractivity contribution in [2.75, 3.05) is 0 Å². The van der Waals surface area contributed by atoms with Gasteiger partial charge in [0.25, 0.3) is 0 Å². The first-order valence-corrected chi connectivity index (χ1v) is 3.65. The summed E-state index contributed by atoms with van der Waals surface area (Å²) in [6, 6.07) is 0. The van der Waals surface area contributed by atoms with Gasteiger partial charge in [-0.05, 0) is 22.6 Å². The summed E-state index contributed by atoms with van der Waals surface area (Å²) in [6.45, 7) is 1.33. The van der Waals surface area contributed by atoms with Gasteiger partial charge < -0.3 is 4.84 Å². The second kappa shape index (κ2) is 3.00. The van der Waals surface area contributed by atoms with Crippen molar-refractivity contribution in [1.82, 2.24) is 9.94 Å². The summed E-state index contributed by atoms with van der Waals surface area (Å²) in [5.41, 5.74) is 0. The van der Waals surface area contributed by atoms with E-state index < -0.39 is 0 Å². The summed E-state index contributed by atoms with van der Waals surface area (Å²) < 4.78 is 0.929. The van der Waals surface area contributed by atoms with Crippen LogP contribution in [0.25, 0.3) is 0 Å². The Bertz CT molecular complexity index is 246. The third-order valence-electron chi connectivity index (χ3n) is 0.751. The summed E-state index contributed by atoms with van der Waals surface area (Å²) in [6.07, 6.45) is 3.21. The molecule has 0 saturated heterocycles. The van der Waals surface area contributed by atoms with E-state index in [4.69, 9.17) is 0 Å². The Hall–Kier alpha value is -0.590. The largest absolute Gasteiger partial charge is 0.331 e. The van der Waals surface area contributed by atoms with Crippen LogP contribution >= 0.6 is 22.6 Å². The fraction of sp³-hybridized carbons (Fsp3) is 0.200. The van der Waals surface area contributed by atoms with E-state index in [9.17, 15) is 4.79 Å². The number of carbonyl (C=O) groups is 1. The molecular weight excluding hydrogens is 247 g/mol. The number of nitrogens with zero attached hydrogens (tertiary/aromatic N) is 2. The lowest BCUT2D eigenvalue weighted by Crippen LogP contribution is -2.16. The van der Waals surface area contributed by atoms with Gasteiger partial charge >= 0.3 is 5.97 Å². The summed E-state index contributed by atoms with van der Waals surface area (Å²) in [5.74, 6) is -0.375. The second-order valence-electron chi connectivity index (χ2n) is 1.64. The van der Waals surface area contributed by atoms with Crippen LogP contribution in [-0.4, -0.2) is 15.9 Å². The van der Waals surface area contributed by atoms with Crippen molar-refractivity contribution in [3.05, 3.63) is 16.0 Å². The summed E-state index contributed by atoms with van der Waals surface area (Å²) in [7, 11) is 0. The lowest BCUT2D eigenvalue weighted by atomic mass is 10.8. The van der Waals surface area contributed by atoms with Crippen LogP contribution in [0.15, 0.2) is 12.4 Å². The van der Waals surface area contributed by atoms with Gasteiger partial charge in [0.2, 0.25) is 0 Å². The van der Waals surface area contributed by atoms with E-state index in [1.165, 1.54) is 6.92 Å². The highest BCUT2D eigenvalue weighted by atomic mass is 127. The predicted molar refractivity (Wildman–Crippen MR) is 42.2 cm³/mol. The predicted octanol–water partition coefficient (Wildman–Crippen LogP) is 0.463. The van der Waals surface area contributed by atoms with Crippen molar-refractivity contribution in [2.45, 2.75) is 6.92 Å². The SMILES string of the molecule is CC(=O)On1cc(I)cn1. The number of hydrogen-bond donors (Lipinski definition) is 0. The average molecular weight is 252 g/mol. The molecule has 4 nitrogen and oxygen atoms in total. The second-order valence-corrected chi connectivity index (χ2v) is 2.89. The monoisotopic (exact) mass is 252 g/mol. The highest BCUT2D eigenvalue weighted by molar-refractivity contribution is 14.1. The van der Waals surface area contributed by atoms with Gasteiger partial charge in [-0.1, -0.05) is 4.85 Å². The smallest absolute Gasteiger partial charge is 0.320 e. The lowest BCUT2D eigenvalue weighted by molar-refractivity contribution is -0.143. The molecule has 5 heteroatoms. The Morgan fingerprint density at radius 3 is 3.00 bits per heavy atom. The Balaban J connectivity index is 2.67. The van der Waals surface area contributed by atoms with E-state index in [-0.39, 0.29) is 5.97 Å². The lowest BCUT2D eigenvalue weighted by Gasteiger charge is -1.95. The molecule has 0 aliphatic carbocycles. The van der Waals surface area contributed by atoms with Crippen molar-refractivity contribution in [3.63, 3.8) is 0 Å². The molecule has 0 saturated carbocycles. The van der Waals surface area contributed by atoms with Crippen LogP contribution in [0.2, 0.25) is 0 Å². The maximum absolute atomic E-state index is 10.3. The molecular formula is C5H5IN2O2. The molecule has 0 bridgehead atoms. The third-order valence-corrected chi connectivity index (χ3v) is 1.31. The summed E-state index contributed by atoms with van der Waals surface area (Å²) in [4.78, 5) is 16.1. The van der Waals surface area contributed by atoms with Crippen molar-refractivity contribution in [1.29, 1.82) is 0 Å². The zero-order valence-electron chi connectivity index (χ0n) is 5.24. The minimum atomic E-state index is -0.375. The molecule has 0 fully saturated rings. The molecule has 0 spiro atoms. The minimum Gasteiger partial charge on any atom is -0.320 e. The number of carbonyl (C=O) groups excluding carboxylic acids is 1. The Kier molecular flexibility index (Phi) is 2.25. The summed E-state index contributed by atoms with van der Waals surface area (Å²) >= 11 is 2.07. The topological polar surface area (TPSA) is 44.1 Å². The molecule has 0 radical (unpaired) electrons. The van der Waals surface area contributed by atoms with Gasteiger partial charge in [-0.2, -0.15) is 0 Å². The Morgan fingerprint density at radius 1 is 1.90 bits per heavy atom. The van der Waals surface area contributed by atoms with E-state index in [1.54, 1.807) is 12.4 Å². The van der Waals surface area contributed by atoms with Gasteiger partial charge in [0, 0.05) is 6.92 Å². The van der Waals surface area contributed by atoms with Crippen molar-refractivity contribution in [3.8, 4) is 0 Å². The standard InChI is InChI=1S/C5H5IN2O2/c1-4(9)10-8-3-5(6)2-7-8/h2-3H,1H3. The van der Waals surface area contributed by atoms with Gasteiger partial charge in [0.1, 0.15) is 0 Å². The van der Waals surface area contributed by atoms with Crippen LogP contribution in [0, 0.1) is 3.57 Å². The van der Waals surface area contributed by atoms with Crippen LogP contribution in [0.5, 0.6) is 0 Å². The van der Waals surface area contributed by atoms with Crippen LogP contribution in [0.1, 0.15) is 6.92 Å². The number of rotatable bonds is 1. The van der Waals surface area contributed by atoms with Crippen LogP contribution in [-0.2, 0) is 4.79 Å². The molecule has 0 atom stereocenters. The number of hydrogen-bond acceptors (Lipinski definition) is 3. The molecule has 10 heavy (non-hydrogen) atoms. The fourth-order valence-corrected chi connectivity index (χ4v) is 0.829. The zero-order chi connectivity index (χ0) is 7.56. The molecule has 1 aromatic heterocycles. The molecule has 0 aromatic carbocycles. The molecule has 0 aliphatic heterocycles.